The Kier molecular flexibility index (Phi) is 9.92. The van der Waals surface area contributed by atoms with Gasteiger partial charge in [0.15, 0.2) is 0 Å². The van der Waals surface area contributed by atoms with Gasteiger partial charge in [0, 0.05) is 39.0 Å². The van der Waals surface area contributed by atoms with E-state index in [9.17, 15) is 4.79 Å². The lowest BCUT2D eigenvalue weighted by Gasteiger charge is -2.22. The summed E-state index contributed by atoms with van der Waals surface area (Å²) in [4.78, 5) is 18.8. The highest BCUT2D eigenvalue weighted by Crippen LogP contribution is 2.08. The van der Waals surface area contributed by atoms with E-state index in [1.807, 2.05) is 0 Å². The Morgan fingerprint density at radius 3 is 2.43 bits per heavy atom. The van der Waals surface area contributed by atoms with Gasteiger partial charge in [-0.2, -0.15) is 0 Å². The van der Waals surface area contributed by atoms with Gasteiger partial charge in [0.05, 0.1) is 5.84 Å². The van der Waals surface area contributed by atoms with Crippen LogP contribution in [0.15, 0.2) is 4.99 Å². The number of carbonyl (C=O) groups excluding carboxylic acids is 1. The van der Waals surface area contributed by atoms with Crippen LogP contribution in [0.4, 0.5) is 0 Å². The first-order valence-electron chi connectivity index (χ1n) is 8.82. The molecule has 0 radical (unpaired) electrons. The average Bonchev–Trinajstić information content (AvgIpc) is 2.52. The summed E-state index contributed by atoms with van der Waals surface area (Å²) in [6.45, 7) is 8.25. The molecule has 0 aromatic heterocycles. The smallest absolute Gasteiger partial charge is 0.222 e. The Hall–Kier alpha value is -1.06. The Bertz CT molecular complexity index is 307. The second-order valence-electron chi connectivity index (χ2n) is 5.90. The van der Waals surface area contributed by atoms with Gasteiger partial charge in [0.1, 0.15) is 0 Å². The predicted octanol–water partition coefficient (Wildman–Crippen LogP) is 3.37. The van der Waals surface area contributed by atoms with Crippen LogP contribution in [-0.4, -0.2) is 42.8 Å². The van der Waals surface area contributed by atoms with Gasteiger partial charge in [-0.05, 0) is 32.1 Å². The number of carbonyl (C=O) groups is 1. The van der Waals surface area contributed by atoms with Crippen molar-refractivity contribution in [2.75, 3.05) is 26.2 Å². The zero-order chi connectivity index (χ0) is 15.3. The van der Waals surface area contributed by atoms with Crippen LogP contribution in [0.1, 0.15) is 71.6 Å². The summed E-state index contributed by atoms with van der Waals surface area (Å²) in [5.41, 5.74) is 0. The molecule has 0 spiro atoms. The van der Waals surface area contributed by atoms with Crippen LogP contribution in [0.3, 0.4) is 0 Å². The number of hydrogen-bond donors (Lipinski definition) is 1. The van der Waals surface area contributed by atoms with Gasteiger partial charge in [-0.3, -0.25) is 9.79 Å². The van der Waals surface area contributed by atoms with Crippen LogP contribution in [0, 0.1) is 0 Å². The van der Waals surface area contributed by atoms with Gasteiger partial charge in [-0.15, -0.1) is 0 Å². The molecule has 1 heterocycles. The van der Waals surface area contributed by atoms with E-state index >= 15 is 0 Å². The quantitative estimate of drug-likeness (QED) is 0.594. The second-order valence-corrected chi connectivity index (χ2v) is 5.90. The highest BCUT2D eigenvalue weighted by Gasteiger charge is 2.12. The molecule has 1 aliphatic rings. The molecular weight excluding hydrogens is 262 g/mol. The highest BCUT2D eigenvalue weighted by molar-refractivity contribution is 5.82. The molecule has 0 aromatic carbocycles. The van der Waals surface area contributed by atoms with E-state index in [2.05, 4.69) is 29.1 Å². The van der Waals surface area contributed by atoms with Crippen molar-refractivity contribution in [3.63, 3.8) is 0 Å². The highest BCUT2D eigenvalue weighted by atomic mass is 16.2. The fraction of sp³-hybridized carbons (Fsp3) is 0.882. The number of amidine groups is 1. The molecule has 1 amide bonds. The van der Waals surface area contributed by atoms with E-state index in [4.69, 9.17) is 0 Å². The van der Waals surface area contributed by atoms with Gasteiger partial charge >= 0.3 is 0 Å². The Balaban J connectivity index is 2.20. The summed E-state index contributed by atoms with van der Waals surface area (Å²) in [5, 5.41) is 3.34. The molecular formula is C17H33N3O. The molecule has 0 unspecified atom stereocenters. The van der Waals surface area contributed by atoms with Gasteiger partial charge < -0.3 is 10.2 Å². The van der Waals surface area contributed by atoms with E-state index in [1.54, 1.807) is 0 Å². The lowest BCUT2D eigenvalue weighted by molar-refractivity contribution is -0.131. The van der Waals surface area contributed by atoms with Crippen molar-refractivity contribution in [3.8, 4) is 0 Å². The largest absolute Gasteiger partial charge is 0.374 e. The Morgan fingerprint density at radius 1 is 1.14 bits per heavy atom. The van der Waals surface area contributed by atoms with Crippen LogP contribution < -0.4 is 5.32 Å². The first-order valence-corrected chi connectivity index (χ1v) is 8.82. The zero-order valence-electron chi connectivity index (χ0n) is 14.0. The van der Waals surface area contributed by atoms with Crippen molar-refractivity contribution in [2.45, 2.75) is 71.6 Å². The molecule has 0 aliphatic carbocycles. The van der Waals surface area contributed by atoms with Crippen molar-refractivity contribution in [2.24, 2.45) is 4.99 Å². The summed E-state index contributed by atoms with van der Waals surface area (Å²) in [5.74, 6) is 1.48. The van der Waals surface area contributed by atoms with E-state index in [0.29, 0.717) is 12.3 Å². The molecule has 21 heavy (non-hydrogen) atoms. The summed E-state index contributed by atoms with van der Waals surface area (Å²) >= 11 is 0. The molecule has 4 heteroatoms. The molecule has 4 nitrogen and oxygen atoms in total. The third-order valence-electron chi connectivity index (χ3n) is 3.94. The predicted molar refractivity (Wildman–Crippen MR) is 89.8 cm³/mol. The Labute approximate surface area is 130 Å². The first-order chi connectivity index (χ1) is 10.3. The molecule has 0 fully saturated rings. The molecule has 1 rings (SSSR count). The van der Waals surface area contributed by atoms with Crippen molar-refractivity contribution in [1.82, 2.24) is 10.2 Å². The van der Waals surface area contributed by atoms with Crippen molar-refractivity contribution in [1.29, 1.82) is 0 Å². The van der Waals surface area contributed by atoms with Crippen LogP contribution in [-0.2, 0) is 4.79 Å². The molecule has 0 atom stereocenters. The second kappa shape index (κ2) is 11.6. The monoisotopic (exact) mass is 295 g/mol. The molecule has 1 N–H and O–H groups in total. The topological polar surface area (TPSA) is 44.7 Å². The van der Waals surface area contributed by atoms with Gasteiger partial charge in [0.2, 0.25) is 5.91 Å². The fourth-order valence-corrected chi connectivity index (χ4v) is 2.54. The summed E-state index contributed by atoms with van der Waals surface area (Å²) in [7, 11) is 0. The van der Waals surface area contributed by atoms with Crippen molar-refractivity contribution < 1.29 is 4.79 Å². The number of hydrogen-bond acceptors (Lipinski definition) is 3. The molecule has 122 valence electrons. The maximum atomic E-state index is 12.3. The SMILES string of the molecule is CCCCN(CCCC)C(=O)CCCCC1=NCCCN1. The average molecular weight is 295 g/mol. The zero-order valence-corrected chi connectivity index (χ0v) is 14.0. The Morgan fingerprint density at radius 2 is 1.86 bits per heavy atom. The summed E-state index contributed by atoms with van der Waals surface area (Å²) < 4.78 is 0. The first kappa shape index (κ1) is 18.0. The van der Waals surface area contributed by atoms with Gasteiger partial charge in [0.25, 0.3) is 0 Å². The van der Waals surface area contributed by atoms with Crippen LogP contribution in [0.25, 0.3) is 0 Å². The number of rotatable bonds is 11. The van der Waals surface area contributed by atoms with Crippen LogP contribution in [0.5, 0.6) is 0 Å². The van der Waals surface area contributed by atoms with E-state index in [1.165, 1.54) is 0 Å². The molecule has 0 bridgehead atoms. The van der Waals surface area contributed by atoms with Crippen molar-refractivity contribution in [3.05, 3.63) is 0 Å². The maximum Gasteiger partial charge on any atom is 0.222 e. The van der Waals surface area contributed by atoms with Gasteiger partial charge in [-0.1, -0.05) is 26.7 Å². The minimum Gasteiger partial charge on any atom is -0.374 e. The normalized spacial score (nSPS) is 14.5. The fourth-order valence-electron chi connectivity index (χ4n) is 2.54. The van der Waals surface area contributed by atoms with E-state index in [-0.39, 0.29) is 0 Å². The third kappa shape index (κ3) is 8.08. The standard InChI is InChI=1S/C17H33N3O/c1-3-5-14-20(15-6-4-2)17(21)11-8-7-10-16-18-12-9-13-19-16/h3-15H2,1-2H3,(H,18,19). The lowest BCUT2D eigenvalue weighted by atomic mass is 10.1. The lowest BCUT2D eigenvalue weighted by Crippen LogP contribution is -2.33. The minimum absolute atomic E-state index is 0.343. The van der Waals surface area contributed by atoms with Crippen LogP contribution in [0.2, 0.25) is 0 Å². The summed E-state index contributed by atoms with van der Waals surface area (Å²) in [6, 6.07) is 0. The molecule has 0 saturated carbocycles. The van der Waals surface area contributed by atoms with E-state index in [0.717, 1.165) is 83.4 Å². The maximum absolute atomic E-state index is 12.3. The number of aliphatic imine (C=N–C) groups is 1. The number of unbranched alkanes of at least 4 members (excludes halogenated alkanes) is 3. The van der Waals surface area contributed by atoms with Crippen LogP contribution >= 0.6 is 0 Å². The molecule has 0 saturated heterocycles. The molecule has 0 aromatic rings. The van der Waals surface area contributed by atoms with E-state index < -0.39 is 0 Å². The minimum atomic E-state index is 0.343. The summed E-state index contributed by atoms with van der Waals surface area (Å²) in [6.07, 6.45) is 9.43. The number of nitrogens with zero attached hydrogens (tertiary/aromatic N) is 2. The third-order valence-corrected chi connectivity index (χ3v) is 3.94. The van der Waals surface area contributed by atoms with Crippen molar-refractivity contribution >= 4 is 11.7 Å². The number of amides is 1. The molecule has 1 aliphatic heterocycles. The van der Waals surface area contributed by atoms with Gasteiger partial charge in [-0.25, -0.2) is 0 Å². The number of nitrogens with one attached hydrogen (secondary N) is 1.